The molecule has 2 heterocycles. The van der Waals surface area contributed by atoms with E-state index in [2.05, 4.69) is 11.4 Å². The molecule has 1 saturated heterocycles. The fourth-order valence-electron chi connectivity index (χ4n) is 4.53. The van der Waals surface area contributed by atoms with E-state index >= 15 is 0 Å². The number of piperazine rings is 1. The van der Waals surface area contributed by atoms with E-state index in [-0.39, 0.29) is 36.3 Å². The summed E-state index contributed by atoms with van der Waals surface area (Å²) in [7, 11) is -3.64. The van der Waals surface area contributed by atoms with Gasteiger partial charge in [-0.2, -0.15) is 4.31 Å². The molecule has 35 heavy (non-hydrogen) atoms. The van der Waals surface area contributed by atoms with Gasteiger partial charge < -0.3 is 10.2 Å². The summed E-state index contributed by atoms with van der Waals surface area (Å²) in [6, 6.07) is 18.2. The Bertz CT molecular complexity index is 1370. The van der Waals surface area contributed by atoms with E-state index in [1.807, 2.05) is 36.4 Å². The molecule has 0 aromatic heterocycles. The van der Waals surface area contributed by atoms with Crippen LogP contribution in [0.15, 0.2) is 71.6 Å². The molecule has 184 valence electrons. The van der Waals surface area contributed by atoms with Gasteiger partial charge in [0.05, 0.1) is 4.90 Å². The van der Waals surface area contributed by atoms with Crippen LogP contribution in [0.4, 0.5) is 0 Å². The lowest BCUT2D eigenvalue weighted by molar-refractivity contribution is 0.0698. The quantitative estimate of drug-likeness (QED) is 0.540. The number of nitrogens with one attached hydrogen (secondary N) is 1. The Morgan fingerprint density at radius 2 is 1.57 bits per heavy atom. The highest BCUT2D eigenvalue weighted by atomic mass is 35.5. The van der Waals surface area contributed by atoms with Crippen molar-refractivity contribution in [1.29, 1.82) is 0 Å². The van der Waals surface area contributed by atoms with Crippen LogP contribution in [0.25, 0.3) is 16.3 Å². The summed E-state index contributed by atoms with van der Waals surface area (Å²) in [5.74, 6) is -0.0644. The summed E-state index contributed by atoms with van der Waals surface area (Å²) in [6.07, 6.45) is 3.17. The van der Waals surface area contributed by atoms with Gasteiger partial charge in [0.25, 0.3) is 5.91 Å². The highest BCUT2D eigenvalue weighted by Crippen LogP contribution is 2.26. The number of halogens is 2. The Hall–Kier alpha value is -2.42. The summed E-state index contributed by atoms with van der Waals surface area (Å²) >= 11 is 6.03. The first-order valence-corrected chi connectivity index (χ1v) is 13.2. The lowest BCUT2D eigenvalue weighted by atomic mass is 9.99. The first kappa shape index (κ1) is 25.7. The molecule has 6 nitrogen and oxygen atoms in total. The van der Waals surface area contributed by atoms with E-state index in [0.29, 0.717) is 23.7 Å². The van der Waals surface area contributed by atoms with Gasteiger partial charge in [-0.25, -0.2) is 8.42 Å². The molecule has 0 unspecified atom stereocenters. The van der Waals surface area contributed by atoms with Crippen molar-refractivity contribution in [3.63, 3.8) is 0 Å². The number of sulfonamides is 1. The van der Waals surface area contributed by atoms with Crippen LogP contribution in [0.1, 0.15) is 22.3 Å². The van der Waals surface area contributed by atoms with Crippen molar-refractivity contribution in [2.24, 2.45) is 0 Å². The van der Waals surface area contributed by atoms with Crippen molar-refractivity contribution >= 4 is 56.3 Å². The fourth-order valence-corrected chi connectivity index (χ4v) is 6.17. The van der Waals surface area contributed by atoms with Crippen LogP contribution in [0.2, 0.25) is 5.02 Å². The Kier molecular flexibility index (Phi) is 7.83. The smallest absolute Gasteiger partial charge is 0.253 e. The topological polar surface area (TPSA) is 69.7 Å². The highest BCUT2D eigenvalue weighted by molar-refractivity contribution is 7.89. The molecular weight excluding hydrogens is 505 g/mol. The maximum atomic E-state index is 13.2. The van der Waals surface area contributed by atoms with Gasteiger partial charge in [0.2, 0.25) is 10.0 Å². The largest absolute Gasteiger partial charge is 0.336 e. The first-order chi connectivity index (χ1) is 16.4. The summed E-state index contributed by atoms with van der Waals surface area (Å²) < 4.78 is 27.9. The molecule has 3 aromatic rings. The van der Waals surface area contributed by atoms with Gasteiger partial charge in [0, 0.05) is 43.3 Å². The van der Waals surface area contributed by atoms with Crippen molar-refractivity contribution in [1.82, 2.24) is 14.5 Å². The molecule has 5 rings (SSSR count). The summed E-state index contributed by atoms with van der Waals surface area (Å²) in [5.41, 5.74) is 3.07. The van der Waals surface area contributed by atoms with Gasteiger partial charge in [-0.15, -0.1) is 12.4 Å². The van der Waals surface area contributed by atoms with E-state index in [1.165, 1.54) is 9.88 Å². The number of fused-ring (bicyclic) bond motifs is 1. The molecule has 0 aliphatic carbocycles. The van der Waals surface area contributed by atoms with Crippen molar-refractivity contribution in [3.8, 4) is 0 Å². The maximum Gasteiger partial charge on any atom is 0.253 e. The molecule has 3 aromatic carbocycles. The molecule has 1 fully saturated rings. The van der Waals surface area contributed by atoms with Gasteiger partial charge in [-0.05, 0) is 71.3 Å². The van der Waals surface area contributed by atoms with Crippen molar-refractivity contribution in [3.05, 3.63) is 82.9 Å². The van der Waals surface area contributed by atoms with E-state index in [0.717, 1.165) is 35.8 Å². The molecule has 1 N–H and O–H groups in total. The molecule has 0 saturated carbocycles. The van der Waals surface area contributed by atoms with Crippen molar-refractivity contribution in [2.75, 3.05) is 39.3 Å². The molecule has 9 heteroatoms. The summed E-state index contributed by atoms with van der Waals surface area (Å²) in [6.45, 7) is 3.10. The fraction of sp³-hybridized carbons (Fsp3) is 0.269. The van der Waals surface area contributed by atoms with Crippen LogP contribution in [0, 0.1) is 0 Å². The molecule has 1 amide bonds. The number of carbonyl (C=O) groups is 1. The third-order valence-electron chi connectivity index (χ3n) is 6.50. The number of hydrogen-bond acceptors (Lipinski definition) is 4. The molecule has 0 bridgehead atoms. The zero-order valence-corrected chi connectivity index (χ0v) is 21.5. The van der Waals surface area contributed by atoms with Crippen LogP contribution in [-0.4, -0.2) is 62.8 Å². The predicted octanol–water partition coefficient (Wildman–Crippen LogP) is 4.44. The zero-order chi connectivity index (χ0) is 23.7. The molecule has 2 aliphatic heterocycles. The third-order valence-corrected chi connectivity index (χ3v) is 8.63. The molecule has 2 aliphatic rings. The van der Waals surface area contributed by atoms with Gasteiger partial charge in [0.1, 0.15) is 0 Å². The van der Waals surface area contributed by atoms with Gasteiger partial charge in [-0.1, -0.05) is 41.9 Å². The Morgan fingerprint density at radius 1 is 0.886 bits per heavy atom. The Balaban J connectivity index is 0.00000289. The third kappa shape index (κ3) is 5.39. The molecule has 0 atom stereocenters. The van der Waals surface area contributed by atoms with Gasteiger partial charge in [0.15, 0.2) is 0 Å². The highest BCUT2D eigenvalue weighted by Gasteiger charge is 2.30. The normalized spacial score (nSPS) is 17.1. The number of nitrogens with zero attached hydrogens (tertiary/aromatic N) is 2. The number of rotatable bonds is 4. The standard InChI is InChI=1S/C26H26ClN3O3S.ClH/c27-24-7-5-23-18-25(8-6-22(23)17-24)34(32,33)30-15-13-29(14-16-30)26(31)21-3-1-19(2-4-21)20-9-11-28-12-10-20;/h1-9,17-18,28H,10-16H2;1H. The minimum absolute atomic E-state index is 0. The van der Waals surface area contributed by atoms with Crippen molar-refractivity contribution < 1.29 is 13.2 Å². The average molecular weight is 532 g/mol. The number of amides is 1. The minimum atomic E-state index is -3.64. The summed E-state index contributed by atoms with van der Waals surface area (Å²) in [4.78, 5) is 15.0. The van der Waals surface area contributed by atoms with Crippen LogP contribution >= 0.6 is 24.0 Å². The SMILES string of the molecule is Cl.O=C(c1ccc(C2=CCNCC2)cc1)N1CCN(S(=O)(=O)c2ccc3cc(Cl)ccc3c2)CC1. The lowest BCUT2D eigenvalue weighted by Gasteiger charge is -2.34. The number of benzene rings is 3. The van der Waals surface area contributed by atoms with Gasteiger partial charge >= 0.3 is 0 Å². The zero-order valence-electron chi connectivity index (χ0n) is 19.1. The van der Waals surface area contributed by atoms with E-state index in [1.54, 1.807) is 29.2 Å². The average Bonchev–Trinajstić information content (AvgIpc) is 2.88. The predicted molar refractivity (Wildman–Crippen MR) is 143 cm³/mol. The monoisotopic (exact) mass is 531 g/mol. The van der Waals surface area contributed by atoms with E-state index in [4.69, 9.17) is 11.6 Å². The second-order valence-corrected chi connectivity index (χ2v) is 11.0. The number of carbonyl (C=O) groups excluding carboxylic acids is 1. The van der Waals surface area contributed by atoms with Crippen LogP contribution in [-0.2, 0) is 10.0 Å². The molecule has 0 radical (unpaired) electrons. The van der Waals surface area contributed by atoms with Crippen LogP contribution < -0.4 is 5.32 Å². The summed E-state index contributed by atoms with van der Waals surface area (Å²) in [5, 5.41) is 5.63. The Morgan fingerprint density at radius 3 is 2.26 bits per heavy atom. The lowest BCUT2D eigenvalue weighted by Crippen LogP contribution is -2.50. The first-order valence-electron chi connectivity index (χ1n) is 11.4. The second-order valence-electron chi connectivity index (χ2n) is 8.61. The minimum Gasteiger partial charge on any atom is -0.336 e. The van der Waals surface area contributed by atoms with Crippen molar-refractivity contribution in [2.45, 2.75) is 11.3 Å². The molecule has 0 spiro atoms. The van der Waals surface area contributed by atoms with Gasteiger partial charge in [-0.3, -0.25) is 4.79 Å². The van der Waals surface area contributed by atoms with Crippen LogP contribution in [0.5, 0.6) is 0 Å². The van der Waals surface area contributed by atoms with Crippen LogP contribution in [0.3, 0.4) is 0 Å². The number of hydrogen-bond donors (Lipinski definition) is 1. The van der Waals surface area contributed by atoms with E-state index < -0.39 is 10.0 Å². The molecular formula is C26H27Cl2N3O3S. The maximum absolute atomic E-state index is 13.2. The Labute approximate surface area is 217 Å². The van der Waals surface area contributed by atoms with E-state index in [9.17, 15) is 13.2 Å². The second kappa shape index (κ2) is 10.7.